The van der Waals surface area contributed by atoms with Crippen molar-refractivity contribution in [3.8, 4) is 11.1 Å². The number of nitrogens with zero attached hydrogens (tertiary/aromatic N) is 2. The van der Waals surface area contributed by atoms with Crippen LogP contribution in [0, 0.1) is 20.8 Å². The Morgan fingerprint density at radius 1 is 1.14 bits per heavy atom. The van der Waals surface area contributed by atoms with Crippen molar-refractivity contribution >= 4 is 33.3 Å². The predicted molar refractivity (Wildman–Crippen MR) is 93.8 cm³/mol. The maximum absolute atomic E-state index is 12.5. The molecule has 3 aromatic rings. The van der Waals surface area contributed by atoms with Gasteiger partial charge in [-0.15, -0.1) is 23.1 Å². The Hall–Kier alpha value is -1.46. The van der Waals surface area contributed by atoms with Gasteiger partial charge in [-0.2, -0.15) is 0 Å². The summed E-state index contributed by atoms with van der Waals surface area (Å²) in [5, 5.41) is 1.94. The molecule has 3 rings (SSSR count). The van der Waals surface area contributed by atoms with Gasteiger partial charge in [0.05, 0.1) is 12.1 Å². The van der Waals surface area contributed by atoms with Gasteiger partial charge in [0.1, 0.15) is 16.2 Å². The number of hydrogen-bond acceptors (Lipinski definition) is 4. The van der Waals surface area contributed by atoms with Crippen LogP contribution in [0.15, 0.2) is 29.6 Å². The molecule has 5 heteroatoms. The van der Waals surface area contributed by atoms with Gasteiger partial charge in [0.2, 0.25) is 0 Å². The number of aryl methyl sites for hydroxylation is 3. The highest BCUT2D eigenvalue weighted by molar-refractivity contribution is 7.99. The summed E-state index contributed by atoms with van der Waals surface area (Å²) in [6.45, 7) is 6.00. The second-order valence-electron chi connectivity index (χ2n) is 5.23. The van der Waals surface area contributed by atoms with Gasteiger partial charge in [-0.05, 0) is 37.5 Å². The molecule has 0 fully saturated rings. The first-order valence-corrected chi connectivity index (χ1v) is 8.92. The highest BCUT2D eigenvalue weighted by Crippen LogP contribution is 2.41. The van der Waals surface area contributed by atoms with Crippen molar-refractivity contribution in [2.45, 2.75) is 25.8 Å². The van der Waals surface area contributed by atoms with Gasteiger partial charge in [0.25, 0.3) is 0 Å². The predicted octanol–water partition coefficient (Wildman–Crippen LogP) is 5.35. The molecular formula is C17H17FN2S2. The minimum Gasteiger partial charge on any atom is -0.250 e. The molecular weight excluding hydrogens is 315 g/mol. The van der Waals surface area contributed by atoms with Crippen LogP contribution in [0.25, 0.3) is 21.3 Å². The summed E-state index contributed by atoms with van der Waals surface area (Å²) < 4.78 is 12.5. The van der Waals surface area contributed by atoms with Crippen molar-refractivity contribution in [1.82, 2.24) is 9.97 Å². The molecule has 0 saturated heterocycles. The van der Waals surface area contributed by atoms with Crippen LogP contribution >= 0.6 is 23.1 Å². The van der Waals surface area contributed by atoms with E-state index in [0.29, 0.717) is 5.75 Å². The number of rotatable bonds is 4. The van der Waals surface area contributed by atoms with Crippen molar-refractivity contribution in [2.75, 3.05) is 12.4 Å². The van der Waals surface area contributed by atoms with E-state index in [1.165, 1.54) is 38.9 Å². The van der Waals surface area contributed by atoms with E-state index in [-0.39, 0.29) is 6.67 Å². The second-order valence-corrected chi connectivity index (χ2v) is 7.52. The average Bonchev–Trinajstić information content (AvgIpc) is 2.84. The standard InChI is InChI=1S/C17H17FN2S2/c1-10-4-5-13(8-11(10)2)14-12(3)22-17-15(14)16(19-9-20-17)21-7-6-18/h4-5,8-9H,6-7H2,1-3H3. The number of hydrogen-bond donors (Lipinski definition) is 0. The van der Waals surface area contributed by atoms with Gasteiger partial charge in [0.15, 0.2) is 0 Å². The minimum atomic E-state index is -0.349. The van der Waals surface area contributed by atoms with Crippen LogP contribution < -0.4 is 0 Å². The quantitative estimate of drug-likeness (QED) is 0.476. The Labute approximate surface area is 137 Å². The molecule has 2 heterocycles. The van der Waals surface area contributed by atoms with Crippen molar-refractivity contribution in [3.05, 3.63) is 40.5 Å². The van der Waals surface area contributed by atoms with E-state index >= 15 is 0 Å². The molecule has 0 atom stereocenters. The van der Waals surface area contributed by atoms with Crippen LogP contribution in [0.2, 0.25) is 0 Å². The monoisotopic (exact) mass is 332 g/mol. The first-order chi connectivity index (χ1) is 10.6. The SMILES string of the molecule is Cc1ccc(-c2c(C)sc3ncnc(SCCF)c23)cc1C. The smallest absolute Gasteiger partial charge is 0.128 e. The van der Waals surface area contributed by atoms with Gasteiger partial charge >= 0.3 is 0 Å². The van der Waals surface area contributed by atoms with Crippen molar-refractivity contribution in [2.24, 2.45) is 0 Å². The first-order valence-electron chi connectivity index (χ1n) is 7.12. The molecule has 22 heavy (non-hydrogen) atoms. The van der Waals surface area contributed by atoms with Crippen LogP contribution in [0.5, 0.6) is 0 Å². The molecule has 114 valence electrons. The normalized spacial score (nSPS) is 11.3. The number of fused-ring (bicyclic) bond motifs is 1. The van der Waals surface area contributed by atoms with Gasteiger partial charge in [-0.3, -0.25) is 4.39 Å². The number of aromatic nitrogens is 2. The number of thiophene rings is 1. The number of benzene rings is 1. The number of halogens is 1. The number of alkyl halides is 1. The molecule has 0 aliphatic rings. The molecule has 0 aliphatic carbocycles. The van der Waals surface area contributed by atoms with Gasteiger partial charge in [0, 0.05) is 16.2 Å². The summed E-state index contributed by atoms with van der Waals surface area (Å²) in [6, 6.07) is 6.50. The Bertz CT molecular complexity index is 827. The van der Waals surface area contributed by atoms with Gasteiger partial charge in [-0.1, -0.05) is 18.2 Å². The van der Waals surface area contributed by atoms with E-state index < -0.39 is 0 Å². The largest absolute Gasteiger partial charge is 0.250 e. The van der Waals surface area contributed by atoms with E-state index in [2.05, 4.69) is 48.9 Å². The minimum absolute atomic E-state index is 0.349. The van der Waals surface area contributed by atoms with Crippen LogP contribution in [-0.2, 0) is 0 Å². The van der Waals surface area contributed by atoms with E-state index in [9.17, 15) is 4.39 Å². The number of thioether (sulfide) groups is 1. The van der Waals surface area contributed by atoms with E-state index in [1.807, 2.05) is 0 Å². The fourth-order valence-corrected chi connectivity index (χ4v) is 4.32. The lowest BCUT2D eigenvalue weighted by Gasteiger charge is -2.08. The third-order valence-corrected chi connectivity index (χ3v) is 5.70. The molecule has 0 N–H and O–H groups in total. The van der Waals surface area contributed by atoms with E-state index in [1.54, 1.807) is 17.7 Å². The summed E-state index contributed by atoms with van der Waals surface area (Å²) in [4.78, 5) is 11.0. The lowest BCUT2D eigenvalue weighted by Crippen LogP contribution is -1.90. The summed E-state index contributed by atoms with van der Waals surface area (Å²) in [7, 11) is 0. The zero-order chi connectivity index (χ0) is 15.7. The molecule has 0 aliphatic heterocycles. The fourth-order valence-electron chi connectivity index (χ4n) is 2.51. The second kappa shape index (κ2) is 6.34. The van der Waals surface area contributed by atoms with Crippen molar-refractivity contribution < 1.29 is 4.39 Å². The third kappa shape index (κ3) is 2.75. The highest BCUT2D eigenvalue weighted by Gasteiger charge is 2.17. The topological polar surface area (TPSA) is 25.8 Å². The molecule has 2 nitrogen and oxygen atoms in total. The molecule has 1 aromatic carbocycles. The average molecular weight is 332 g/mol. The molecule has 2 aromatic heterocycles. The Morgan fingerprint density at radius 3 is 2.68 bits per heavy atom. The van der Waals surface area contributed by atoms with Crippen LogP contribution in [0.4, 0.5) is 4.39 Å². The summed E-state index contributed by atoms with van der Waals surface area (Å²) in [5.74, 6) is 0.424. The zero-order valence-corrected chi connectivity index (χ0v) is 14.4. The van der Waals surface area contributed by atoms with Crippen molar-refractivity contribution in [1.29, 1.82) is 0 Å². The van der Waals surface area contributed by atoms with Crippen molar-refractivity contribution in [3.63, 3.8) is 0 Å². The van der Waals surface area contributed by atoms with Gasteiger partial charge < -0.3 is 0 Å². The molecule has 0 bridgehead atoms. The molecule has 0 saturated carbocycles. The summed E-state index contributed by atoms with van der Waals surface area (Å²) >= 11 is 3.13. The van der Waals surface area contributed by atoms with Crippen LogP contribution in [-0.4, -0.2) is 22.4 Å². The summed E-state index contributed by atoms with van der Waals surface area (Å²) in [5.41, 5.74) is 4.92. The molecule has 0 amide bonds. The molecule has 0 spiro atoms. The highest BCUT2D eigenvalue weighted by atomic mass is 32.2. The maximum Gasteiger partial charge on any atom is 0.128 e. The Balaban J connectivity index is 2.23. The maximum atomic E-state index is 12.5. The van der Waals surface area contributed by atoms with Gasteiger partial charge in [-0.25, -0.2) is 9.97 Å². The fraction of sp³-hybridized carbons (Fsp3) is 0.294. The third-order valence-electron chi connectivity index (χ3n) is 3.74. The molecule has 0 radical (unpaired) electrons. The van der Waals surface area contributed by atoms with Crippen LogP contribution in [0.1, 0.15) is 16.0 Å². The van der Waals surface area contributed by atoms with Crippen LogP contribution in [0.3, 0.4) is 0 Å². The summed E-state index contributed by atoms with van der Waals surface area (Å²) in [6.07, 6.45) is 1.57. The first kappa shape index (κ1) is 15.4. The zero-order valence-electron chi connectivity index (χ0n) is 12.8. The lowest BCUT2D eigenvalue weighted by atomic mass is 9.99. The Morgan fingerprint density at radius 2 is 1.95 bits per heavy atom. The molecule has 0 unspecified atom stereocenters. The lowest BCUT2D eigenvalue weighted by molar-refractivity contribution is 0.532. The Kier molecular flexibility index (Phi) is 4.45. The van der Waals surface area contributed by atoms with E-state index in [4.69, 9.17) is 0 Å². The van der Waals surface area contributed by atoms with E-state index in [0.717, 1.165) is 15.2 Å².